The number of hydrogen-bond acceptors (Lipinski definition) is 5. The van der Waals surface area contributed by atoms with Crippen molar-refractivity contribution < 1.29 is 9.32 Å². The largest absolute Gasteiger partial charge is 0.333 e. The molecule has 3 aromatic rings. The lowest BCUT2D eigenvalue weighted by atomic mass is 10.2. The van der Waals surface area contributed by atoms with Gasteiger partial charge in [-0.2, -0.15) is 10.1 Å². The van der Waals surface area contributed by atoms with Gasteiger partial charge < -0.3 is 4.52 Å². The summed E-state index contributed by atoms with van der Waals surface area (Å²) in [6, 6.07) is 18.6. The lowest BCUT2D eigenvalue weighted by molar-refractivity contribution is 0.0942. The number of benzene rings is 2. The molecule has 2 aromatic carbocycles. The number of rotatable bonds is 4. The Balaban J connectivity index is 1.66. The third-order valence-corrected chi connectivity index (χ3v) is 2.83. The van der Waals surface area contributed by atoms with Gasteiger partial charge in [0.2, 0.25) is 0 Å². The van der Waals surface area contributed by atoms with Crippen molar-refractivity contribution in [2.45, 2.75) is 0 Å². The van der Waals surface area contributed by atoms with Gasteiger partial charge in [0.1, 0.15) is 0 Å². The summed E-state index contributed by atoms with van der Waals surface area (Å²) < 4.78 is 5.06. The molecule has 1 N–H and O–H groups in total. The zero-order valence-electron chi connectivity index (χ0n) is 11.5. The van der Waals surface area contributed by atoms with Crippen LogP contribution in [0.5, 0.6) is 0 Å². The lowest BCUT2D eigenvalue weighted by Gasteiger charge is -1.93. The first-order chi connectivity index (χ1) is 10.8. The third kappa shape index (κ3) is 3.24. The second-order valence-corrected chi connectivity index (χ2v) is 4.40. The number of carbonyl (C=O) groups is 1. The van der Waals surface area contributed by atoms with Crippen LogP contribution in [-0.2, 0) is 0 Å². The molecule has 0 aliphatic carbocycles. The summed E-state index contributed by atoms with van der Waals surface area (Å²) in [6.45, 7) is 0. The van der Waals surface area contributed by atoms with Crippen molar-refractivity contribution in [2.75, 3.05) is 0 Å². The number of hydrogen-bond donors (Lipinski definition) is 1. The quantitative estimate of drug-likeness (QED) is 0.592. The van der Waals surface area contributed by atoms with Crippen LogP contribution in [0.1, 0.15) is 16.2 Å². The second-order valence-electron chi connectivity index (χ2n) is 4.40. The van der Waals surface area contributed by atoms with E-state index in [0.29, 0.717) is 0 Å². The monoisotopic (exact) mass is 292 g/mol. The smallest absolute Gasteiger partial charge is 0.312 e. The van der Waals surface area contributed by atoms with Crippen LogP contribution in [0, 0.1) is 0 Å². The maximum atomic E-state index is 11.9. The van der Waals surface area contributed by atoms with E-state index in [1.165, 1.54) is 6.21 Å². The van der Waals surface area contributed by atoms with Gasteiger partial charge in [0.25, 0.3) is 11.7 Å². The molecule has 22 heavy (non-hydrogen) atoms. The highest BCUT2D eigenvalue weighted by atomic mass is 16.5. The number of hydrazone groups is 1. The Hall–Kier alpha value is -3.28. The van der Waals surface area contributed by atoms with Crippen molar-refractivity contribution in [3.8, 4) is 11.5 Å². The van der Waals surface area contributed by atoms with Crippen molar-refractivity contribution in [3.63, 3.8) is 0 Å². The molecule has 0 unspecified atom stereocenters. The summed E-state index contributed by atoms with van der Waals surface area (Å²) in [5, 5.41) is 7.50. The Bertz CT molecular complexity index is 782. The molecule has 1 aromatic heterocycles. The maximum Gasteiger partial charge on any atom is 0.312 e. The molecule has 0 saturated carbocycles. The second kappa shape index (κ2) is 6.45. The molecule has 3 rings (SSSR count). The zero-order chi connectivity index (χ0) is 15.2. The van der Waals surface area contributed by atoms with Crippen molar-refractivity contribution in [1.82, 2.24) is 15.6 Å². The number of amides is 1. The van der Waals surface area contributed by atoms with E-state index in [1.807, 2.05) is 60.7 Å². The number of nitrogens with zero attached hydrogens (tertiary/aromatic N) is 3. The summed E-state index contributed by atoms with van der Waals surface area (Å²) in [4.78, 5) is 15.9. The standard InChI is InChI=1S/C16H12N4O2/c21-15(19-17-11-12-7-3-1-4-8-12)14-18-16(22-20-14)13-9-5-2-6-10-13/h1-11H,(H,19,21). The Morgan fingerprint density at radius 2 is 1.73 bits per heavy atom. The number of aromatic nitrogens is 2. The van der Waals surface area contributed by atoms with Gasteiger partial charge in [-0.05, 0) is 17.7 Å². The first-order valence-electron chi connectivity index (χ1n) is 6.60. The third-order valence-electron chi connectivity index (χ3n) is 2.83. The number of carbonyl (C=O) groups excluding carboxylic acids is 1. The summed E-state index contributed by atoms with van der Waals surface area (Å²) in [5.74, 6) is -0.306. The van der Waals surface area contributed by atoms with E-state index in [1.54, 1.807) is 0 Å². The summed E-state index contributed by atoms with van der Waals surface area (Å²) in [5.41, 5.74) is 3.99. The van der Waals surface area contributed by atoms with Gasteiger partial charge >= 0.3 is 5.91 Å². The Labute approximate surface area is 126 Å². The van der Waals surface area contributed by atoms with Crippen LogP contribution in [0.4, 0.5) is 0 Å². The van der Waals surface area contributed by atoms with E-state index < -0.39 is 5.91 Å². The minimum absolute atomic E-state index is 0.0657. The maximum absolute atomic E-state index is 11.9. The van der Waals surface area contributed by atoms with Gasteiger partial charge in [-0.3, -0.25) is 4.79 Å². The van der Waals surface area contributed by atoms with E-state index in [4.69, 9.17) is 4.52 Å². The van der Waals surface area contributed by atoms with Gasteiger partial charge in [-0.15, -0.1) is 0 Å². The summed E-state index contributed by atoms with van der Waals surface area (Å²) >= 11 is 0. The van der Waals surface area contributed by atoms with Crippen LogP contribution in [0.25, 0.3) is 11.5 Å². The molecule has 6 heteroatoms. The molecule has 108 valence electrons. The predicted molar refractivity (Wildman–Crippen MR) is 81.2 cm³/mol. The van der Waals surface area contributed by atoms with E-state index in [0.717, 1.165) is 11.1 Å². The molecule has 0 aliphatic rings. The molecule has 0 saturated heterocycles. The molecule has 1 amide bonds. The first kappa shape index (κ1) is 13.7. The molecule has 0 aliphatic heterocycles. The lowest BCUT2D eigenvalue weighted by Crippen LogP contribution is -2.19. The average Bonchev–Trinajstić information content (AvgIpc) is 3.07. The summed E-state index contributed by atoms with van der Waals surface area (Å²) in [7, 11) is 0. The van der Waals surface area contributed by atoms with Crippen molar-refractivity contribution in [3.05, 3.63) is 72.1 Å². The first-order valence-corrected chi connectivity index (χ1v) is 6.60. The Kier molecular flexibility index (Phi) is 4.01. The van der Waals surface area contributed by atoms with Gasteiger partial charge in [-0.25, -0.2) is 5.43 Å². The van der Waals surface area contributed by atoms with Crippen LogP contribution < -0.4 is 5.43 Å². The van der Waals surface area contributed by atoms with Crippen LogP contribution >= 0.6 is 0 Å². The zero-order valence-corrected chi connectivity index (χ0v) is 11.5. The van der Waals surface area contributed by atoms with Crippen LogP contribution in [0.2, 0.25) is 0 Å². The minimum Gasteiger partial charge on any atom is -0.333 e. The minimum atomic E-state index is -0.530. The molecule has 0 bridgehead atoms. The van der Waals surface area contributed by atoms with Crippen molar-refractivity contribution >= 4 is 12.1 Å². The molecular formula is C16H12N4O2. The van der Waals surface area contributed by atoms with Gasteiger partial charge in [0.05, 0.1) is 6.21 Å². The van der Waals surface area contributed by atoms with Gasteiger partial charge in [-0.1, -0.05) is 53.7 Å². The van der Waals surface area contributed by atoms with E-state index in [2.05, 4.69) is 20.7 Å². The summed E-state index contributed by atoms with van der Waals surface area (Å²) in [6.07, 6.45) is 1.54. The molecular weight excluding hydrogens is 280 g/mol. The Morgan fingerprint density at radius 1 is 1.05 bits per heavy atom. The average molecular weight is 292 g/mol. The Morgan fingerprint density at radius 3 is 2.45 bits per heavy atom. The molecule has 6 nitrogen and oxygen atoms in total. The fraction of sp³-hybridized carbons (Fsp3) is 0. The highest BCUT2D eigenvalue weighted by Gasteiger charge is 2.14. The van der Waals surface area contributed by atoms with E-state index >= 15 is 0 Å². The van der Waals surface area contributed by atoms with E-state index in [-0.39, 0.29) is 11.7 Å². The van der Waals surface area contributed by atoms with Gasteiger partial charge in [0.15, 0.2) is 0 Å². The van der Waals surface area contributed by atoms with Crippen molar-refractivity contribution in [2.24, 2.45) is 5.10 Å². The topological polar surface area (TPSA) is 80.4 Å². The van der Waals surface area contributed by atoms with Crippen LogP contribution in [-0.4, -0.2) is 22.3 Å². The normalized spacial score (nSPS) is 10.7. The molecule has 1 heterocycles. The number of nitrogens with one attached hydrogen (secondary N) is 1. The molecule has 0 fully saturated rings. The molecule has 0 atom stereocenters. The van der Waals surface area contributed by atoms with Crippen LogP contribution in [0.3, 0.4) is 0 Å². The fourth-order valence-electron chi connectivity index (χ4n) is 1.77. The highest BCUT2D eigenvalue weighted by molar-refractivity contribution is 5.91. The molecule has 0 spiro atoms. The highest BCUT2D eigenvalue weighted by Crippen LogP contribution is 2.15. The predicted octanol–water partition coefficient (Wildman–Crippen LogP) is 2.50. The fourth-order valence-corrected chi connectivity index (χ4v) is 1.77. The molecule has 0 radical (unpaired) electrons. The van der Waals surface area contributed by atoms with Crippen molar-refractivity contribution in [1.29, 1.82) is 0 Å². The van der Waals surface area contributed by atoms with Gasteiger partial charge in [0, 0.05) is 5.56 Å². The van der Waals surface area contributed by atoms with E-state index in [9.17, 15) is 4.79 Å². The van der Waals surface area contributed by atoms with Crippen LogP contribution in [0.15, 0.2) is 70.3 Å². The SMILES string of the molecule is O=C(NN=Cc1ccccc1)c1noc(-c2ccccc2)n1.